The highest BCUT2D eigenvalue weighted by Crippen LogP contribution is 2.46. The van der Waals surface area contributed by atoms with Gasteiger partial charge in [-0.15, -0.1) is 0 Å². The fraction of sp³-hybridized carbons (Fsp3) is 0.400. The molecule has 2 aliphatic carbocycles. The van der Waals surface area contributed by atoms with Crippen LogP contribution in [0.15, 0.2) is 46.9 Å². The van der Waals surface area contributed by atoms with Gasteiger partial charge in [0, 0.05) is 29.0 Å². The number of hydrogen-bond donors (Lipinski definition) is 0. The van der Waals surface area contributed by atoms with Gasteiger partial charge in [0.05, 0.1) is 0 Å². The number of rotatable bonds is 6. The van der Waals surface area contributed by atoms with Gasteiger partial charge in [-0.2, -0.15) is 0 Å². The number of carbonyl (C=O) groups is 3. The zero-order chi connectivity index (χ0) is 23.3. The number of hydrogen-bond acceptors (Lipinski definition) is 4. The zero-order valence-corrected chi connectivity index (χ0v) is 19.8. The Balaban J connectivity index is 1.37. The summed E-state index contributed by atoms with van der Waals surface area (Å²) in [5.74, 6) is -0.758. The van der Waals surface area contributed by atoms with Gasteiger partial charge in [-0.1, -0.05) is 34.1 Å². The number of carbonyl (C=O) groups excluding carboxylic acids is 3. The van der Waals surface area contributed by atoms with Gasteiger partial charge in [0.25, 0.3) is 5.91 Å². The van der Waals surface area contributed by atoms with Crippen LogP contribution >= 0.6 is 15.9 Å². The maximum atomic E-state index is 13.4. The topological polar surface area (TPSA) is 66.9 Å². The molecule has 0 unspecified atom stereocenters. The number of ether oxygens (including phenoxy) is 1. The molecule has 1 saturated carbocycles. The first kappa shape index (κ1) is 22.1. The summed E-state index contributed by atoms with van der Waals surface area (Å²) in [5, 5.41) is 0. The van der Waals surface area contributed by atoms with E-state index in [0.717, 1.165) is 33.3 Å². The first-order valence-corrected chi connectivity index (χ1v) is 12.0. The quantitative estimate of drug-likeness (QED) is 0.567. The summed E-state index contributed by atoms with van der Waals surface area (Å²) >= 11 is 3.44. The van der Waals surface area contributed by atoms with Crippen molar-refractivity contribution in [1.29, 1.82) is 0 Å². The minimum absolute atomic E-state index is 0.0465. The molecule has 0 radical (unpaired) electrons. The average molecular weight is 515 g/mol. The van der Waals surface area contributed by atoms with Gasteiger partial charge in [0.15, 0.2) is 0 Å². The average Bonchev–Trinajstić information content (AvgIpc) is 3.54. The van der Waals surface area contributed by atoms with Crippen LogP contribution in [-0.2, 0) is 32.9 Å². The van der Waals surface area contributed by atoms with E-state index in [-0.39, 0.29) is 30.9 Å². The molecule has 2 aromatic carbocycles. The Kier molecular flexibility index (Phi) is 5.51. The number of aryl methyl sites for hydroxylation is 1. The Morgan fingerprint density at radius 1 is 1.24 bits per heavy atom. The molecule has 1 aliphatic heterocycles. The van der Waals surface area contributed by atoms with E-state index in [4.69, 9.17) is 4.74 Å². The molecular formula is C25H24BrFN2O4. The molecule has 0 aromatic heterocycles. The second-order valence-electron chi connectivity index (χ2n) is 9.11. The molecule has 1 saturated heterocycles. The molecule has 172 valence electrons. The van der Waals surface area contributed by atoms with Gasteiger partial charge in [-0.25, -0.2) is 14.1 Å². The highest BCUT2D eigenvalue weighted by atomic mass is 79.9. The van der Waals surface area contributed by atoms with Crippen molar-refractivity contribution in [2.24, 2.45) is 5.92 Å². The number of imide groups is 1. The monoisotopic (exact) mass is 514 g/mol. The number of amides is 3. The third-order valence-corrected chi connectivity index (χ3v) is 7.49. The number of nitrogens with zero attached hydrogens (tertiary/aromatic N) is 2. The normalized spacial score (nSPS) is 22.5. The maximum Gasteiger partial charge on any atom is 0.418 e. The van der Waals surface area contributed by atoms with Crippen molar-refractivity contribution < 1.29 is 23.5 Å². The minimum atomic E-state index is -1.35. The van der Waals surface area contributed by atoms with Crippen LogP contribution in [0.1, 0.15) is 42.9 Å². The Labute approximate surface area is 199 Å². The fourth-order valence-corrected chi connectivity index (χ4v) is 5.34. The largest absolute Gasteiger partial charge is 0.427 e. The third-order valence-electron chi connectivity index (χ3n) is 7.00. The summed E-state index contributed by atoms with van der Waals surface area (Å²) in [5.41, 5.74) is 1.09. The first-order valence-electron chi connectivity index (χ1n) is 11.2. The lowest BCUT2D eigenvalue weighted by Gasteiger charge is -2.30. The first-order chi connectivity index (χ1) is 15.8. The molecule has 0 N–H and O–H groups in total. The van der Waals surface area contributed by atoms with E-state index in [2.05, 4.69) is 15.9 Å². The molecule has 3 amide bonds. The Hall–Kier alpha value is -2.74. The van der Waals surface area contributed by atoms with Gasteiger partial charge in [-0.3, -0.25) is 9.59 Å². The predicted octanol–water partition coefficient (Wildman–Crippen LogP) is 4.54. The van der Waals surface area contributed by atoms with Gasteiger partial charge < -0.3 is 9.64 Å². The molecule has 1 spiro atoms. The highest BCUT2D eigenvalue weighted by molar-refractivity contribution is 9.10. The van der Waals surface area contributed by atoms with E-state index in [0.29, 0.717) is 24.3 Å². The molecular weight excluding hydrogens is 491 g/mol. The van der Waals surface area contributed by atoms with E-state index >= 15 is 0 Å². The third kappa shape index (κ3) is 3.94. The van der Waals surface area contributed by atoms with Crippen molar-refractivity contribution >= 4 is 33.8 Å². The molecule has 33 heavy (non-hydrogen) atoms. The molecule has 0 bridgehead atoms. The molecule has 2 atom stereocenters. The zero-order valence-electron chi connectivity index (χ0n) is 18.2. The van der Waals surface area contributed by atoms with E-state index in [1.54, 1.807) is 23.1 Å². The van der Waals surface area contributed by atoms with Gasteiger partial charge in [0.1, 0.15) is 12.4 Å². The van der Waals surface area contributed by atoms with Crippen LogP contribution in [0.25, 0.3) is 0 Å². The van der Waals surface area contributed by atoms with Crippen LogP contribution in [0.5, 0.6) is 0 Å². The molecule has 8 heteroatoms. The van der Waals surface area contributed by atoms with Crippen LogP contribution in [0.2, 0.25) is 0 Å². The maximum absolute atomic E-state index is 13.4. The van der Waals surface area contributed by atoms with E-state index < -0.39 is 17.6 Å². The molecule has 2 fully saturated rings. The molecule has 6 nitrogen and oxygen atoms in total. The summed E-state index contributed by atoms with van der Waals surface area (Å²) in [6, 6.07) is 11.5. The van der Waals surface area contributed by atoms with E-state index in [9.17, 15) is 18.8 Å². The van der Waals surface area contributed by atoms with Crippen LogP contribution < -0.4 is 0 Å². The van der Waals surface area contributed by atoms with Gasteiger partial charge in [-0.05, 0) is 67.5 Å². The smallest absolute Gasteiger partial charge is 0.418 e. The Morgan fingerprint density at radius 3 is 2.67 bits per heavy atom. The lowest BCUT2D eigenvalue weighted by Crippen LogP contribution is -2.47. The molecule has 3 aliphatic rings. The van der Waals surface area contributed by atoms with Crippen LogP contribution in [0.3, 0.4) is 0 Å². The van der Waals surface area contributed by atoms with Crippen molar-refractivity contribution in [3.63, 3.8) is 0 Å². The summed E-state index contributed by atoms with van der Waals surface area (Å²) in [6.45, 7) is 1.90. The molecule has 1 heterocycles. The van der Waals surface area contributed by atoms with E-state index in [1.807, 2.05) is 19.1 Å². The fourth-order valence-electron chi connectivity index (χ4n) is 4.93. The van der Waals surface area contributed by atoms with Crippen molar-refractivity contribution in [1.82, 2.24) is 9.80 Å². The summed E-state index contributed by atoms with van der Waals surface area (Å²) < 4.78 is 19.9. The second-order valence-corrected chi connectivity index (χ2v) is 10.0. The molecule has 2 aromatic rings. The van der Waals surface area contributed by atoms with Crippen LogP contribution in [-0.4, -0.2) is 40.3 Å². The second kappa shape index (κ2) is 8.24. The summed E-state index contributed by atoms with van der Waals surface area (Å²) in [4.78, 5) is 42.2. The van der Waals surface area contributed by atoms with Crippen LogP contribution in [0.4, 0.5) is 9.18 Å². The lowest BCUT2D eigenvalue weighted by atomic mass is 9.95. The number of benzene rings is 2. The SMILES string of the molecule is C[C@H](C1CC1)N(Cc1ccc(F)cc1)C(=O)CN1C(=O)O[C@]2(CCc3cc(Br)ccc32)C1=O. The van der Waals surface area contributed by atoms with Crippen molar-refractivity contribution in [3.05, 3.63) is 69.4 Å². The summed E-state index contributed by atoms with van der Waals surface area (Å²) in [7, 11) is 0. The van der Waals surface area contributed by atoms with Crippen molar-refractivity contribution in [3.8, 4) is 0 Å². The lowest BCUT2D eigenvalue weighted by molar-refractivity contribution is -0.143. The van der Waals surface area contributed by atoms with Gasteiger partial charge >= 0.3 is 6.09 Å². The number of halogens is 2. The van der Waals surface area contributed by atoms with E-state index in [1.165, 1.54) is 12.1 Å². The highest BCUT2D eigenvalue weighted by Gasteiger charge is 2.58. The predicted molar refractivity (Wildman–Crippen MR) is 121 cm³/mol. The molecule has 5 rings (SSSR count). The number of fused-ring (bicyclic) bond motifs is 2. The van der Waals surface area contributed by atoms with Gasteiger partial charge in [0.2, 0.25) is 11.5 Å². The Morgan fingerprint density at radius 2 is 1.97 bits per heavy atom. The minimum Gasteiger partial charge on any atom is -0.427 e. The van der Waals surface area contributed by atoms with Crippen molar-refractivity contribution in [2.75, 3.05) is 6.54 Å². The standard InChI is InChI=1S/C25H24BrFN2O4/c1-15(17-4-5-17)28(13-16-2-7-20(27)8-3-16)22(30)14-29-23(31)25(33-24(29)32)11-10-18-12-19(26)6-9-21(18)25/h2-3,6-9,12,15,17H,4-5,10-11,13-14H2,1H3/t15-,25+/m1/s1. The Bertz CT molecular complexity index is 1130. The van der Waals surface area contributed by atoms with Crippen LogP contribution in [0, 0.1) is 11.7 Å². The summed E-state index contributed by atoms with van der Waals surface area (Å²) in [6.07, 6.45) is 2.27. The van der Waals surface area contributed by atoms with Crippen molar-refractivity contribution in [2.45, 2.75) is 50.8 Å².